The Morgan fingerprint density at radius 2 is 1.87 bits per heavy atom. The van der Waals surface area contributed by atoms with E-state index in [4.69, 9.17) is 13.9 Å². The van der Waals surface area contributed by atoms with Crippen LogP contribution in [0.5, 0.6) is 5.75 Å². The lowest BCUT2D eigenvalue weighted by atomic mass is 10.2. The number of anilines is 1. The number of furan rings is 1. The highest BCUT2D eigenvalue weighted by atomic mass is 32.2. The zero-order valence-electron chi connectivity index (χ0n) is 16.9. The van der Waals surface area contributed by atoms with Gasteiger partial charge in [-0.05, 0) is 53.5 Å². The van der Waals surface area contributed by atoms with Crippen molar-refractivity contribution < 1.29 is 13.9 Å². The lowest BCUT2D eigenvalue weighted by Gasteiger charge is -2.30. The normalized spacial score (nSPS) is 14.0. The Morgan fingerprint density at radius 3 is 2.68 bits per heavy atom. The largest absolute Gasteiger partial charge is 0.487 e. The maximum absolute atomic E-state index is 6.29. The Hall–Kier alpha value is -2.74. The molecule has 5 rings (SSSR count). The number of aromatic nitrogens is 1. The predicted octanol–water partition coefficient (Wildman–Crippen LogP) is 5.97. The molecule has 0 unspecified atom stereocenters. The van der Waals surface area contributed by atoms with Gasteiger partial charge in [0.1, 0.15) is 23.1 Å². The van der Waals surface area contributed by atoms with E-state index in [0.717, 1.165) is 63.9 Å². The van der Waals surface area contributed by atoms with Crippen molar-refractivity contribution >= 4 is 29.0 Å². The molecule has 0 spiro atoms. The first kappa shape index (κ1) is 20.2. The van der Waals surface area contributed by atoms with Gasteiger partial charge in [-0.15, -0.1) is 0 Å². The summed E-state index contributed by atoms with van der Waals surface area (Å²) in [5.41, 5.74) is 2.26. The lowest BCUT2D eigenvalue weighted by molar-refractivity contribution is 0.122. The molecule has 0 bridgehead atoms. The molecule has 31 heavy (non-hydrogen) atoms. The molecule has 7 heteroatoms. The van der Waals surface area contributed by atoms with Crippen molar-refractivity contribution in [1.29, 1.82) is 0 Å². The summed E-state index contributed by atoms with van der Waals surface area (Å²) in [5, 5.41) is 0.949. The van der Waals surface area contributed by atoms with E-state index in [-0.39, 0.29) is 0 Å². The molecule has 4 aromatic rings. The minimum absolute atomic E-state index is 0.533. The zero-order valence-corrected chi connectivity index (χ0v) is 18.5. The fourth-order valence-corrected chi connectivity index (χ4v) is 5.10. The summed E-state index contributed by atoms with van der Waals surface area (Å²) in [7, 11) is 0. The van der Waals surface area contributed by atoms with Gasteiger partial charge >= 0.3 is 0 Å². The second-order valence-electron chi connectivity index (χ2n) is 7.11. The number of nitrogens with zero attached hydrogens (tertiary/aromatic N) is 2. The maximum Gasteiger partial charge on any atom is 0.145 e. The second kappa shape index (κ2) is 9.60. The summed E-state index contributed by atoms with van der Waals surface area (Å²) < 4.78 is 21.9. The van der Waals surface area contributed by atoms with Gasteiger partial charge in [0, 0.05) is 18.0 Å². The van der Waals surface area contributed by atoms with Gasteiger partial charge in [-0.25, -0.2) is 0 Å². The summed E-state index contributed by atoms with van der Waals surface area (Å²) in [4.78, 5) is 4.45. The number of morpholine rings is 1. The Bertz CT molecular complexity index is 1110. The Labute approximate surface area is 189 Å². The van der Waals surface area contributed by atoms with Crippen LogP contribution in [0.2, 0.25) is 0 Å². The monoisotopic (exact) mass is 450 g/mol. The van der Waals surface area contributed by atoms with Crippen LogP contribution >= 0.6 is 23.3 Å². The van der Waals surface area contributed by atoms with E-state index in [1.807, 2.05) is 30.3 Å². The molecule has 0 aliphatic carbocycles. The molecule has 1 aliphatic heterocycles. The maximum atomic E-state index is 6.29. The minimum atomic E-state index is 0.533. The average Bonchev–Trinajstić information content (AvgIpc) is 3.51. The number of hydrogen-bond acceptors (Lipinski definition) is 7. The van der Waals surface area contributed by atoms with Crippen LogP contribution in [0.25, 0.3) is 10.6 Å². The average molecular weight is 451 g/mol. The van der Waals surface area contributed by atoms with Gasteiger partial charge in [-0.2, -0.15) is 4.37 Å². The van der Waals surface area contributed by atoms with Crippen LogP contribution in [0.15, 0.2) is 87.3 Å². The van der Waals surface area contributed by atoms with Gasteiger partial charge < -0.3 is 18.8 Å². The minimum Gasteiger partial charge on any atom is -0.487 e. The first-order chi connectivity index (χ1) is 15.3. The predicted molar refractivity (Wildman–Crippen MR) is 124 cm³/mol. The Morgan fingerprint density at radius 1 is 1.00 bits per heavy atom. The van der Waals surface area contributed by atoms with Crippen molar-refractivity contribution in [1.82, 2.24) is 4.37 Å². The molecule has 0 N–H and O–H groups in total. The van der Waals surface area contributed by atoms with Crippen molar-refractivity contribution in [2.75, 3.05) is 31.2 Å². The van der Waals surface area contributed by atoms with E-state index in [0.29, 0.717) is 6.61 Å². The van der Waals surface area contributed by atoms with Gasteiger partial charge in [0.05, 0.1) is 30.0 Å². The van der Waals surface area contributed by atoms with Crippen LogP contribution in [0, 0.1) is 0 Å². The number of rotatable bonds is 7. The number of benzene rings is 2. The summed E-state index contributed by atoms with van der Waals surface area (Å²) in [6, 6.07) is 22.6. The number of ether oxygens (including phenoxy) is 2. The highest BCUT2D eigenvalue weighted by Gasteiger charge is 2.17. The van der Waals surface area contributed by atoms with E-state index in [9.17, 15) is 0 Å². The Kier molecular flexibility index (Phi) is 6.25. The van der Waals surface area contributed by atoms with Crippen molar-refractivity contribution in [3.8, 4) is 16.4 Å². The van der Waals surface area contributed by atoms with Gasteiger partial charge in [0.2, 0.25) is 0 Å². The summed E-state index contributed by atoms with van der Waals surface area (Å²) in [6.45, 7) is 3.75. The van der Waals surface area contributed by atoms with Crippen LogP contribution in [-0.2, 0) is 11.3 Å². The molecule has 2 aromatic heterocycles. The van der Waals surface area contributed by atoms with Crippen LogP contribution in [0.3, 0.4) is 0 Å². The van der Waals surface area contributed by atoms with E-state index >= 15 is 0 Å². The van der Waals surface area contributed by atoms with E-state index in [1.54, 1.807) is 18.0 Å². The first-order valence-electron chi connectivity index (χ1n) is 10.2. The Balaban J connectivity index is 1.37. The fourth-order valence-electron chi connectivity index (χ4n) is 3.44. The second-order valence-corrected chi connectivity index (χ2v) is 9.01. The molecule has 0 saturated carbocycles. The van der Waals surface area contributed by atoms with E-state index in [1.165, 1.54) is 11.5 Å². The highest BCUT2D eigenvalue weighted by Crippen LogP contribution is 2.38. The molecule has 0 atom stereocenters. The van der Waals surface area contributed by atoms with Crippen LogP contribution < -0.4 is 9.64 Å². The third-order valence-corrected chi connectivity index (χ3v) is 6.82. The van der Waals surface area contributed by atoms with Crippen molar-refractivity contribution in [2.24, 2.45) is 0 Å². The molecule has 158 valence electrons. The molecule has 1 aliphatic rings. The third kappa shape index (κ3) is 4.95. The SMILES string of the molecule is c1ccc(COc2cc(Sc3cc(-c4ccco4)sn3)ccc2N2CCOCC2)cc1. The summed E-state index contributed by atoms with van der Waals surface area (Å²) >= 11 is 3.08. The van der Waals surface area contributed by atoms with Gasteiger partial charge in [0.15, 0.2) is 0 Å². The molecule has 2 aromatic carbocycles. The highest BCUT2D eigenvalue weighted by molar-refractivity contribution is 7.99. The summed E-state index contributed by atoms with van der Waals surface area (Å²) in [6.07, 6.45) is 1.68. The van der Waals surface area contributed by atoms with Crippen molar-refractivity contribution in [3.05, 3.63) is 78.6 Å². The molecule has 1 saturated heterocycles. The van der Waals surface area contributed by atoms with Gasteiger partial charge in [-0.1, -0.05) is 42.1 Å². The van der Waals surface area contributed by atoms with Crippen LogP contribution in [0.4, 0.5) is 5.69 Å². The molecule has 5 nitrogen and oxygen atoms in total. The molecular formula is C24H22N2O3S2. The standard InChI is InChI=1S/C24H22N2O3S2/c1-2-5-18(6-3-1)17-29-22-15-19(8-9-20(22)26-10-13-27-14-11-26)30-24-16-23(31-25-24)21-7-4-12-28-21/h1-9,12,15-16H,10-11,13-14,17H2. The van der Waals surface area contributed by atoms with Crippen molar-refractivity contribution in [3.63, 3.8) is 0 Å². The quantitative estimate of drug-likeness (QED) is 0.346. The van der Waals surface area contributed by atoms with Gasteiger partial charge in [-0.3, -0.25) is 0 Å². The fraction of sp³-hybridized carbons (Fsp3) is 0.208. The first-order valence-corrected chi connectivity index (χ1v) is 11.8. The van der Waals surface area contributed by atoms with Crippen LogP contribution in [0.1, 0.15) is 5.56 Å². The topological polar surface area (TPSA) is 47.7 Å². The molecule has 1 fully saturated rings. The van der Waals surface area contributed by atoms with E-state index < -0.39 is 0 Å². The van der Waals surface area contributed by atoms with Crippen LogP contribution in [-0.4, -0.2) is 30.7 Å². The van der Waals surface area contributed by atoms with Crippen molar-refractivity contribution in [2.45, 2.75) is 16.5 Å². The molecule has 0 amide bonds. The van der Waals surface area contributed by atoms with E-state index in [2.05, 4.69) is 45.7 Å². The summed E-state index contributed by atoms with van der Waals surface area (Å²) in [5.74, 6) is 1.73. The molecule has 0 radical (unpaired) electrons. The molecular weight excluding hydrogens is 428 g/mol. The zero-order chi connectivity index (χ0) is 20.9. The molecule has 3 heterocycles. The number of hydrogen-bond donors (Lipinski definition) is 0. The van der Waals surface area contributed by atoms with Gasteiger partial charge in [0.25, 0.3) is 0 Å². The third-order valence-electron chi connectivity index (χ3n) is 5.00. The smallest absolute Gasteiger partial charge is 0.145 e. The lowest BCUT2D eigenvalue weighted by Crippen LogP contribution is -2.36.